The third-order valence-electron chi connectivity index (χ3n) is 10.1. The summed E-state index contributed by atoms with van der Waals surface area (Å²) in [5, 5.41) is 10.00. The third-order valence-corrected chi connectivity index (χ3v) is 10.1. The Kier molecular flexibility index (Phi) is 4.84. The van der Waals surface area contributed by atoms with E-state index in [0.29, 0.717) is 0 Å². The Balaban J connectivity index is 1.10. The van der Waals surface area contributed by atoms with E-state index in [-0.39, 0.29) is 0 Å². The fourth-order valence-corrected chi connectivity index (χ4v) is 8.05. The molecule has 3 heterocycles. The van der Waals surface area contributed by atoms with Gasteiger partial charge in [0, 0.05) is 27.2 Å². The van der Waals surface area contributed by atoms with E-state index in [1.54, 1.807) is 0 Å². The minimum atomic E-state index is 0.884. The van der Waals surface area contributed by atoms with E-state index in [9.17, 15) is 0 Å². The van der Waals surface area contributed by atoms with Gasteiger partial charge >= 0.3 is 0 Å². The maximum Gasteiger partial charge on any atom is 0.152 e. The summed E-state index contributed by atoms with van der Waals surface area (Å²) >= 11 is 0. The molecule has 0 unspecified atom stereocenters. The number of aromatic nitrogens is 2. The molecule has 0 amide bonds. The van der Waals surface area contributed by atoms with Gasteiger partial charge in [0.05, 0.1) is 27.8 Å². The molecule has 10 aromatic rings. The van der Waals surface area contributed by atoms with Crippen molar-refractivity contribution in [1.29, 1.82) is 0 Å². The lowest BCUT2D eigenvalue weighted by Gasteiger charge is -2.21. The topological polar surface area (TPSA) is 19.1 Å². The van der Waals surface area contributed by atoms with Crippen LogP contribution in [0, 0.1) is 0 Å². The highest BCUT2D eigenvalue weighted by Crippen LogP contribution is 2.48. The number of rotatable bonds is 2. The van der Waals surface area contributed by atoms with E-state index in [1.165, 1.54) is 76.5 Å². The number of benzene rings is 8. The molecule has 8 aromatic carbocycles. The summed E-state index contributed by atoms with van der Waals surface area (Å²) in [5.74, 6) is 1.78. The van der Waals surface area contributed by atoms with Crippen LogP contribution in [-0.4, -0.2) is 9.13 Å². The fourth-order valence-electron chi connectivity index (χ4n) is 8.05. The molecule has 0 saturated heterocycles. The van der Waals surface area contributed by atoms with E-state index in [4.69, 9.17) is 4.74 Å². The number of ether oxygens (including phenoxy) is 1. The van der Waals surface area contributed by atoms with Crippen LogP contribution in [0.1, 0.15) is 0 Å². The standard InChI is InChI=1S/C44H26N2O/c1-4-12-37-34(9-1)35-10-2-5-13-38(35)45(37)30-20-22-32-29(26-30)18-17-27-25-28(19-21-31(27)32)33-23-24-42-44-43(33)36-11-3-6-14-39(36)46(44)40-15-7-8-16-41(40)47-42/h1-26H. The second kappa shape index (κ2) is 9.12. The van der Waals surface area contributed by atoms with Gasteiger partial charge < -0.3 is 13.9 Å². The van der Waals surface area contributed by atoms with Crippen LogP contribution in [0.3, 0.4) is 0 Å². The first kappa shape index (κ1) is 24.9. The summed E-state index contributed by atoms with van der Waals surface area (Å²) in [5.41, 5.74) is 9.44. The minimum absolute atomic E-state index is 0.884. The van der Waals surface area contributed by atoms with Crippen LogP contribution in [0.15, 0.2) is 158 Å². The maximum absolute atomic E-state index is 6.45. The molecule has 11 rings (SSSR count). The summed E-state index contributed by atoms with van der Waals surface area (Å²) in [6.45, 7) is 0. The van der Waals surface area contributed by atoms with Crippen LogP contribution < -0.4 is 4.74 Å². The van der Waals surface area contributed by atoms with E-state index in [2.05, 4.69) is 155 Å². The molecule has 218 valence electrons. The van der Waals surface area contributed by atoms with Gasteiger partial charge in [0.25, 0.3) is 0 Å². The second-order valence-electron chi connectivity index (χ2n) is 12.5. The predicted octanol–water partition coefficient (Wildman–Crippen LogP) is 12.0. The molecule has 47 heavy (non-hydrogen) atoms. The summed E-state index contributed by atoms with van der Waals surface area (Å²) in [6.07, 6.45) is 0. The lowest BCUT2D eigenvalue weighted by Crippen LogP contribution is -2.03. The SMILES string of the molecule is c1ccc2c(c1)Oc1ccc(-c3ccc4c(ccc5cc(-n6c7ccccc7c7ccccc76)ccc54)c3)c3c4ccccc4n-2c13. The summed E-state index contributed by atoms with van der Waals surface area (Å²) < 4.78 is 11.2. The molecular weight excluding hydrogens is 572 g/mol. The molecule has 2 aromatic heterocycles. The molecule has 0 aliphatic carbocycles. The number of hydrogen-bond donors (Lipinski definition) is 0. The number of fused-ring (bicyclic) bond motifs is 11. The minimum Gasteiger partial charge on any atom is -0.453 e. The highest BCUT2D eigenvalue weighted by atomic mass is 16.5. The molecule has 0 fully saturated rings. The van der Waals surface area contributed by atoms with Crippen molar-refractivity contribution in [3.8, 4) is 34.0 Å². The van der Waals surface area contributed by atoms with E-state index < -0.39 is 0 Å². The van der Waals surface area contributed by atoms with Gasteiger partial charge in [-0.1, -0.05) is 97.1 Å². The first-order valence-corrected chi connectivity index (χ1v) is 16.1. The van der Waals surface area contributed by atoms with E-state index in [0.717, 1.165) is 22.7 Å². The first-order chi connectivity index (χ1) is 23.3. The van der Waals surface area contributed by atoms with Crippen molar-refractivity contribution in [2.75, 3.05) is 0 Å². The van der Waals surface area contributed by atoms with Crippen LogP contribution in [0.5, 0.6) is 11.5 Å². The van der Waals surface area contributed by atoms with Crippen LogP contribution >= 0.6 is 0 Å². The number of nitrogens with zero attached hydrogens (tertiary/aromatic N) is 2. The van der Waals surface area contributed by atoms with Crippen molar-refractivity contribution in [3.63, 3.8) is 0 Å². The van der Waals surface area contributed by atoms with Crippen molar-refractivity contribution in [3.05, 3.63) is 158 Å². The Hall–Kier alpha value is -6.32. The monoisotopic (exact) mass is 598 g/mol. The zero-order chi connectivity index (χ0) is 30.6. The molecule has 0 radical (unpaired) electrons. The van der Waals surface area contributed by atoms with Crippen molar-refractivity contribution >= 4 is 65.2 Å². The molecule has 0 spiro atoms. The van der Waals surface area contributed by atoms with Gasteiger partial charge in [-0.3, -0.25) is 0 Å². The van der Waals surface area contributed by atoms with E-state index in [1.807, 2.05) is 12.1 Å². The highest BCUT2D eigenvalue weighted by Gasteiger charge is 2.25. The molecule has 1 aliphatic heterocycles. The molecule has 3 nitrogen and oxygen atoms in total. The number of hydrogen-bond acceptors (Lipinski definition) is 1. The Morgan fingerprint density at radius 2 is 1.02 bits per heavy atom. The molecule has 0 atom stereocenters. The molecule has 0 bridgehead atoms. The zero-order valence-electron chi connectivity index (χ0n) is 25.3. The summed E-state index contributed by atoms with van der Waals surface area (Å²) in [4.78, 5) is 0. The maximum atomic E-state index is 6.45. The Bertz CT molecular complexity index is 2890. The molecular formula is C44H26N2O. The largest absolute Gasteiger partial charge is 0.453 e. The van der Waals surface area contributed by atoms with Crippen molar-refractivity contribution in [2.24, 2.45) is 0 Å². The van der Waals surface area contributed by atoms with Crippen LogP contribution in [-0.2, 0) is 0 Å². The van der Waals surface area contributed by atoms with Crippen LogP contribution in [0.25, 0.3) is 87.7 Å². The predicted molar refractivity (Wildman–Crippen MR) is 196 cm³/mol. The summed E-state index contributed by atoms with van der Waals surface area (Å²) in [7, 11) is 0. The Morgan fingerprint density at radius 1 is 0.404 bits per heavy atom. The van der Waals surface area contributed by atoms with Gasteiger partial charge in [0.15, 0.2) is 11.5 Å². The van der Waals surface area contributed by atoms with Crippen molar-refractivity contribution in [2.45, 2.75) is 0 Å². The van der Waals surface area contributed by atoms with Gasteiger partial charge in [-0.15, -0.1) is 0 Å². The Labute approximate surface area is 270 Å². The van der Waals surface area contributed by atoms with E-state index >= 15 is 0 Å². The van der Waals surface area contributed by atoms with Crippen LogP contribution in [0.2, 0.25) is 0 Å². The fraction of sp³-hybridized carbons (Fsp3) is 0. The third kappa shape index (κ3) is 3.35. The first-order valence-electron chi connectivity index (χ1n) is 16.1. The second-order valence-corrected chi connectivity index (χ2v) is 12.5. The van der Waals surface area contributed by atoms with Gasteiger partial charge in [0.1, 0.15) is 0 Å². The highest BCUT2D eigenvalue weighted by molar-refractivity contribution is 6.19. The zero-order valence-corrected chi connectivity index (χ0v) is 25.3. The average Bonchev–Trinajstić information content (AvgIpc) is 3.66. The lowest BCUT2D eigenvalue weighted by atomic mass is 9.94. The van der Waals surface area contributed by atoms with Crippen molar-refractivity contribution in [1.82, 2.24) is 9.13 Å². The van der Waals surface area contributed by atoms with Gasteiger partial charge in [-0.2, -0.15) is 0 Å². The average molecular weight is 599 g/mol. The van der Waals surface area contributed by atoms with Crippen molar-refractivity contribution < 1.29 is 4.74 Å². The van der Waals surface area contributed by atoms with Gasteiger partial charge in [-0.05, 0) is 93.3 Å². The molecule has 0 N–H and O–H groups in total. The van der Waals surface area contributed by atoms with Gasteiger partial charge in [-0.25, -0.2) is 0 Å². The smallest absolute Gasteiger partial charge is 0.152 e. The lowest BCUT2D eigenvalue weighted by molar-refractivity contribution is 0.476. The molecule has 0 saturated carbocycles. The quantitative estimate of drug-likeness (QED) is 0.181. The van der Waals surface area contributed by atoms with Crippen LogP contribution in [0.4, 0.5) is 0 Å². The Morgan fingerprint density at radius 3 is 1.79 bits per heavy atom. The number of para-hydroxylation sites is 5. The molecule has 3 heteroatoms. The summed E-state index contributed by atoms with van der Waals surface area (Å²) in [6, 6.07) is 57.1. The van der Waals surface area contributed by atoms with Gasteiger partial charge in [0.2, 0.25) is 0 Å². The molecule has 1 aliphatic rings. The normalized spacial score (nSPS) is 12.4.